The molecule has 84 valence electrons. The third kappa shape index (κ3) is 3.61. The van der Waals surface area contributed by atoms with Gasteiger partial charge in [0.15, 0.2) is 0 Å². The molecule has 1 fully saturated rings. The van der Waals surface area contributed by atoms with E-state index in [2.05, 4.69) is 17.9 Å². The number of phosphoric ester groups is 2. The van der Waals surface area contributed by atoms with E-state index in [4.69, 9.17) is 16.5 Å². The summed E-state index contributed by atoms with van der Waals surface area (Å²) in [6.07, 6.45) is -0.722. The average molecular weight is 267 g/mol. The van der Waals surface area contributed by atoms with Gasteiger partial charge in [0.25, 0.3) is 0 Å². The molecule has 3 atom stereocenters. The summed E-state index contributed by atoms with van der Waals surface area (Å²) in [6, 6.07) is -0.480. The van der Waals surface area contributed by atoms with Crippen molar-refractivity contribution in [3.05, 3.63) is 0 Å². The Morgan fingerprint density at radius 2 is 2.29 bits per heavy atom. The molecule has 1 N–H and O–H groups in total. The Morgan fingerprint density at radius 1 is 1.64 bits per heavy atom. The third-order valence-electron chi connectivity index (χ3n) is 1.19. The third-order valence-corrected chi connectivity index (χ3v) is 4.61. The fourth-order valence-electron chi connectivity index (χ4n) is 0.744. The van der Waals surface area contributed by atoms with Gasteiger partial charge in [-0.15, -0.1) is 0 Å². The monoisotopic (exact) mass is 266 g/mol. The van der Waals surface area contributed by atoms with Crippen molar-refractivity contribution in [1.29, 1.82) is 0 Å². The first-order chi connectivity index (χ1) is 6.37. The minimum atomic E-state index is -4.41. The average Bonchev–Trinajstić information content (AvgIpc) is 2.07. The molecule has 0 aromatic heterocycles. The molecule has 3 unspecified atom stereocenters. The SMILES string of the molecule is CC1COP(=O)(OCCl)OP(=O)(O)O1. The highest BCUT2D eigenvalue weighted by Crippen LogP contribution is 2.65. The maximum Gasteiger partial charge on any atom is 0.484 e. The number of hydrogen-bond acceptors (Lipinski definition) is 6. The van der Waals surface area contributed by atoms with Crippen LogP contribution >= 0.6 is 27.2 Å². The van der Waals surface area contributed by atoms with Gasteiger partial charge in [-0.25, -0.2) is 9.13 Å². The van der Waals surface area contributed by atoms with E-state index in [1.54, 1.807) is 0 Å². The zero-order chi connectivity index (χ0) is 10.8. The zero-order valence-electron chi connectivity index (χ0n) is 7.16. The summed E-state index contributed by atoms with van der Waals surface area (Å²) in [5.74, 6) is 0. The van der Waals surface area contributed by atoms with E-state index in [0.717, 1.165) is 0 Å². The molecule has 0 amide bonds. The lowest BCUT2D eigenvalue weighted by Crippen LogP contribution is -2.10. The van der Waals surface area contributed by atoms with Crippen molar-refractivity contribution < 1.29 is 31.9 Å². The maximum atomic E-state index is 11.5. The molecule has 0 bridgehead atoms. The van der Waals surface area contributed by atoms with Crippen LogP contribution in [-0.2, 0) is 27.0 Å². The van der Waals surface area contributed by atoms with Crippen molar-refractivity contribution >= 4 is 27.2 Å². The van der Waals surface area contributed by atoms with Crippen molar-refractivity contribution in [1.82, 2.24) is 0 Å². The molecule has 1 heterocycles. The summed E-state index contributed by atoms with van der Waals surface area (Å²) in [7, 11) is -8.49. The van der Waals surface area contributed by atoms with E-state index in [1.165, 1.54) is 6.92 Å². The molecule has 10 heteroatoms. The van der Waals surface area contributed by atoms with Crippen LogP contribution in [0.15, 0.2) is 0 Å². The fraction of sp³-hybridized carbons (Fsp3) is 1.00. The van der Waals surface area contributed by atoms with Gasteiger partial charge in [0.05, 0.1) is 12.7 Å². The Hall–Kier alpha value is 0.550. The van der Waals surface area contributed by atoms with E-state index < -0.39 is 27.8 Å². The Kier molecular flexibility index (Phi) is 4.14. The highest BCUT2D eigenvalue weighted by molar-refractivity contribution is 7.61. The first kappa shape index (κ1) is 12.6. The van der Waals surface area contributed by atoms with Gasteiger partial charge in [-0.3, -0.25) is 13.6 Å². The quantitative estimate of drug-likeness (QED) is 0.602. The first-order valence-electron chi connectivity index (χ1n) is 3.54. The predicted molar refractivity (Wildman–Crippen MR) is 46.8 cm³/mol. The summed E-state index contributed by atoms with van der Waals surface area (Å²) >= 11 is 5.14. The van der Waals surface area contributed by atoms with Crippen molar-refractivity contribution in [3.63, 3.8) is 0 Å². The molecule has 7 nitrogen and oxygen atoms in total. The van der Waals surface area contributed by atoms with Gasteiger partial charge in [-0.05, 0) is 6.92 Å². The molecule has 1 rings (SSSR count). The Bertz CT molecular complexity index is 293. The topological polar surface area (TPSA) is 91.3 Å². The highest BCUT2D eigenvalue weighted by Gasteiger charge is 2.42. The van der Waals surface area contributed by atoms with Crippen molar-refractivity contribution in [2.75, 3.05) is 12.7 Å². The lowest BCUT2D eigenvalue weighted by atomic mass is 10.5. The van der Waals surface area contributed by atoms with E-state index in [1.807, 2.05) is 0 Å². The number of rotatable bonds is 2. The molecule has 1 aliphatic rings. The summed E-state index contributed by atoms with van der Waals surface area (Å²) < 4.78 is 40.3. The second kappa shape index (κ2) is 4.60. The zero-order valence-corrected chi connectivity index (χ0v) is 9.71. The van der Waals surface area contributed by atoms with Crippen LogP contribution in [0.2, 0.25) is 0 Å². The Morgan fingerprint density at radius 3 is 2.86 bits per heavy atom. The molecule has 0 aliphatic carbocycles. The van der Waals surface area contributed by atoms with E-state index >= 15 is 0 Å². The normalized spacial score (nSPS) is 44.6. The minimum absolute atomic E-state index is 0.182. The molecule has 0 aromatic carbocycles. The van der Waals surface area contributed by atoms with Gasteiger partial charge in [0.2, 0.25) is 0 Å². The molecular formula is C4H9ClO7P2. The highest BCUT2D eigenvalue weighted by atomic mass is 35.5. The smallest absolute Gasteiger partial charge is 0.302 e. The molecule has 1 aliphatic heterocycles. The van der Waals surface area contributed by atoms with Crippen molar-refractivity contribution in [2.24, 2.45) is 0 Å². The van der Waals surface area contributed by atoms with Gasteiger partial charge in [0, 0.05) is 0 Å². The summed E-state index contributed by atoms with van der Waals surface area (Å²) in [5, 5.41) is 0. The van der Waals surface area contributed by atoms with Crippen molar-refractivity contribution in [3.8, 4) is 0 Å². The molecule has 0 spiro atoms. The molecule has 0 saturated carbocycles. The van der Waals surface area contributed by atoms with Crippen molar-refractivity contribution in [2.45, 2.75) is 13.0 Å². The van der Waals surface area contributed by atoms with Crippen LogP contribution in [0, 0.1) is 0 Å². The van der Waals surface area contributed by atoms with Crippen LogP contribution < -0.4 is 0 Å². The Labute approximate surface area is 85.5 Å². The summed E-state index contributed by atoms with van der Waals surface area (Å²) in [4.78, 5) is 9.02. The molecule has 0 aromatic rings. The first-order valence-corrected chi connectivity index (χ1v) is 7.03. The summed E-state index contributed by atoms with van der Waals surface area (Å²) in [5.41, 5.74) is 0. The largest absolute Gasteiger partial charge is 0.484 e. The number of hydrogen-bond donors (Lipinski definition) is 1. The number of alkyl halides is 1. The van der Waals surface area contributed by atoms with Gasteiger partial charge in [-0.2, -0.15) is 4.31 Å². The van der Waals surface area contributed by atoms with Crippen LogP contribution in [-0.4, -0.2) is 23.7 Å². The van der Waals surface area contributed by atoms with Crippen LogP contribution in [0.3, 0.4) is 0 Å². The van der Waals surface area contributed by atoms with Gasteiger partial charge in [0.1, 0.15) is 6.07 Å². The van der Waals surface area contributed by atoms with Crippen LogP contribution in [0.5, 0.6) is 0 Å². The second-order valence-electron chi connectivity index (χ2n) is 2.45. The molecule has 0 radical (unpaired) electrons. The van der Waals surface area contributed by atoms with E-state index in [-0.39, 0.29) is 6.61 Å². The lowest BCUT2D eigenvalue weighted by molar-refractivity contribution is 0.128. The van der Waals surface area contributed by atoms with Gasteiger partial charge in [-0.1, -0.05) is 11.6 Å². The van der Waals surface area contributed by atoms with E-state index in [9.17, 15) is 9.13 Å². The van der Waals surface area contributed by atoms with Crippen LogP contribution in [0.1, 0.15) is 6.92 Å². The second-order valence-corrected chi connectivity index (χ2v) is 5.88. The van der Waals surface area contributed by atoms with Crippen LogP contribution in [0.4, 0.5) is 0 Å². The molecule has 1 saturated heterocycles. The Balaban J connectivity index is 2.82. The lowest BCUT2D eigenvalue weighted by Gasteiger charge is -2.13. The predicted octanol–water partition coefficient (Wildman–Crippen LogP) is 1.86. The van der Waals surface area contributed by atoms with Gasteiger partial charge < -0.3 is 4.89 Å². The van der Waals surface area contributed by atoms with Gasteiger partial charge >= 0.3 is 15.6 Å². The fourth-order valence-corrected chi connectivity index (χ4v) is 3.75. The number of halogens is 1. The molecular weight excluding hydrogens is 257 g/mol. The standard InChI is InChI=1S/C4H9ClO7P2/c1-4-2-9-14(8,10-3-5)12-13(6,7)11-4/h4H,2-3H2,1H3,(H,6,7). The maximum absolute atomic E-state index is 11.5. The minimum Gasteiger partial charge on any atom is -0.302 e. The summed E-state index contributed by atoms with van der Waals surface area (Å²) in [6.45, 7) is 1.28. The number of phosphoric acid groups is 2. The van der Waals surface area contributed by atoms with E-state index in [0.29, 0.717) is 0 Å². The molecule has 14 heavy (non-hydrogen) atoms. The van der Waals surface area contributed by atoms with Crippen LogP contribution in [0.25, 0.3) is 0 Å².